The van der Waals surface area contributed by atoms with Crippen molar-refractivity contribution in [2.75, 3.05) is 18.8 Å². The number of ether oxygens (including phenoxy) is 1. The van der Waals surface area contributed by atoms with Crippen LogP contribution < -0.4 is 4.74 Å². The number of aromatic nitrogens is 1. The zero-order valence-electron chi connectivity index (χ0n) is 11.9. The van der Waals surface area contributed by atoms with Crippen LogP contribution >= 0.6 is 0 Å². The van der Waals surface area contributed by atoms with E-state index in [9.17, 15) is 8.42 Å². The first-order valence-electron chi connectivity index (χ1n) is 7.09. The van der Waals surface area contributed by atoms with Crippen LogP contribution in [0.15, 0.2) is 36.4 Å². The second kappa shape index (κ2) is 5.61. The molecule has 1 aromatic carbocycles. The first-order chi connectivity index (χ1) is 10.1. The van der Waals surface area contributed by atoms with Crippen molar-refractivity contribution in [2.45, 2.75) is 19.4 Å². The quantitative estimate of drug-likeness (QED) is 0.867. The van der Waals surface area contributed by atoms with Gasteiger partial charge in [-0.2, -0.15) is 4.31 Å². The van der Waals surface area contributed by atoms with Crippen LogP contribution in [0.3, 0.4) is 0 Å². The molecular formula is C15H18N2O3S. The third-order valence-corrected chi connectivity index (χ3v) is 5.57. The van der Waals surface area contributed by atoms with Crippen LogP contribution in [0.25, 0.3) is 10.9 Å². The molecule has 112 valence electrons. The maximum absolute atomic E-state index is 11.8. The highest BCUT2D eigenvalue weighted by molar-refractivity contribution is 7.89. The van der Waals surface area contributed by atoms with Gasteiger partial charge in [0.05, 0.1) is 17.8 Å². The van der Waals surface area contributed by atoms with Gasteiger partial charge in [-0.25, -0.2) is 13.4 Å². The van der Waals surface area contributed by atoms with Crippen molar-refractivity contribution in [3.63, 3.8) is 0 Å². The minimum atomic E-state index is -3.12. The Morgan fingerprint density at radius 1 is 1.29 bits per heavy atom. The van der Waals surface area contributed by atoms with Crippen molar-refractivity contribution in [1.82, 2.24) is 9.29 Å². The molecule has 1 aromatic heterocycles. The lowest BCUT2D eigenvalue weighted by Gasteiger charge is -2.16. The number of hydrogen-bond donors (Lipinski definition) is 0. The Morgan fingerprint density at radius 3 is 2.90 bits per heavy atom. The molecule has 1 unspecified atom stereocenters. The van der Waals surface area contributed by atoms with E-state index in [1.807, 2.05) is 36.4 Å². The van der Waals surface area contributed by atoms with E-state index >= 15 is 0 Å². The molecule has 3 rings (SSSR count). The lowest BCUT2D eigenvalue weighted by molar-refractivity contribution is 0.207. The standard InChI is InChI=1S/C15H18N2O3S/c1-2-21(18,19)17-10-9-13(11-17)20-15-8-7-12-5-3-4-6-14(12)16-15/h3-8,13H,2,9-11H2,1H3. The lowest BCUT2D eigenvalue weighted by atomic mass is 10.2. The van der Waals surface area contributed by atoms with Crippen LogP contribution in [-0.2, 0) is 10.0 Å². The highest BCUT2D eigenvalue weighted by Crippen LogP contribution is 2.21. The number of para-hydroxylation sites is 1. The molecule has 0 radical (unpaired) electrons. The van der Waals surface area contributed by atoms with E-state index < -0.39 is 10.0 Å². The first kappa shape index (κ1) is 14.3. The average molecular weight is 306 g/mol. The molecule has 0 bridgehead atoms. The van der Waals surface area contributed by atoms with E-state index in [0.29, 0.717) is 25.4 Å². The maximum atomic E-state index is 11.8. The molecule has 2 aromatic rings. The number of benzene rings is 1. The summed E-state index contributed by atoms with van der Waals surface area (Å²) in [4.78, 5) is 4.46. The number of sulfonamides is 1. The first-order valence-corrected chi connectivity index (χ1v) is 8.69. The minimum Gasteiger partial charge on any atom is -0.473 e. The van der Waals surface area contributed by atoms with Gasteiger partial charge in [0.15, 0.2) is 0 Å². The summed E-state index contributed by atoms with van der Waals surface area (Å²) in [5.41, 5.74) is 0.881. The van der Waals surface area contributed by atoms with Crippen LogP contribution in [0.5, 0.6) is 5.88 Å². The van der Waals surface area contributed by atoms with Crippen molar-refractivity contribution >= 4 is 20.9 Å². The van der Waals surface area contributed by atoms with Gasteiger partial charge in [0, 0.05) is 18.0 Å². The van der Waals surface area contributed by atoms with E-state index in [1.165, 1.54) is 4.31 Å². The van der Waals surface area contributed by atoms with Gasteiger partial charge in [0.2, 0.25) is 15.9 Å². The molecule has 1 aliphatic heterocycles. The van der Waals surface area contributed by atoms with Gasteiger partial charge in [-0.05, 0) is 25.5 Å². The zero-order chi connectivity index (χ0) is 14.9. The van der Waals surface area contributed by atoms with Crippen molar-refractivity contribution < 1.29 is 13.2 Å². The second-order valence-electron chi connectivity index (χ2n) is 5.13. The Labute approximate surface area is 124 Å². The van der Waals surface area contributed by atoms with Crippen LogP contribution in [0.4, 0.5) is 0 Å². The molecule has 1 aliphatic rings. The smallest absolute Gasteiger partial charge is 0.214 e. The van der Waals surface area contributed by atoms with E-state index in [-0.39, 0.29) is 11.9 Å². The van der Waals surface area contributed by atoms with E-state index in [0.717, 1.165) is 10.9 Å². The van der Waals surface area contributed by atoms with Crippen molar-refractivity contribution in [1.29, 1.82) is 0 Å². The summed E-state index contributed by atoms with van der Waals surface area (Å²) in [7, 11) is -3.12. The monoisotopic (exact) mass is 306 g/mol. The van der Waals surface area contributed by atoms with Crippen molar-refractivity contribution in [3.8, 4) is 5.88 Å². The van der Waals surface area contributed by atoms with E-state index in [1.54, 1.807) is 6.92 Å². The number of fused-ring (bicyclic) bond motifs is 1. The molecule has 5 nitrogen and oxygen atoms in total. The van der Waals surface area contributed by atoms with Crippen LogP contribution in [0, 0.1) is 0 Å². The molecule has 0 aliphatic carbocycles. The Hall–Kier alpha value is -1.66. The summed E-state index contributed by atoms with van der Waals surface area (Å²) < 4.78 is 31.0. The molecule has 0 saturated carbocycles. The van der Waals surface area contributed by atoms with Gasteiger partial charge >= 0.3 is 0 Å². The van der Waals surface area contributed by atoms with Crippen LogP contribution in [0.1, 0.15) is 13.3 Å². The number of hydrogen-bond acceptors (Lipinski definition) is 4. The highest BCUT2D eigenvalue weighted by atomic mass is 32.2. The second-order valence-corrected chi connectivity index (χ2v) is 7.39. The molecular weight excluding hydrogens is 288 g/mol. The third-order valence-electron chi connectivity index (χ3n) is 3.73. The largest absolute Gasteiger partial charge is 0.473 e. The van der Waals surface area contributed by atoms with Gasteiger partial charge in [0.25, 0.3) is 0 Å². The Balaban J connectivity index is 1.72. The van der Waals surface area contributed by atoms with Crippen molar-refractivity contribution in [3.05, 3.63) is 36.4 Å². The summed E-state index contributed by atoms with van der Waals surface area (Å²) in [6, 6.07) is 11.6. The summed E-state index contributed by atoms with van der Waals surface area (Å²) in [5, 5.41) is 1.06. The molecule has 0 amide bonds. The summed E-state index contributed by atoms with van der Waals surface area (Å²) in [6.07, 6.45) is 0.577. The number of rotatable bonds is 4. The summed E-state index contributed by atoms with van der Waals surface area (Å²) >= 11 is 0. The summed E-state index contributed by atoms with van der Waals surface area (Å²) in [6.45, 7) is 2.59. The Bertz CT molecular complexity index is 745. The van der Waals surface area contributed by atoms with Gasteiger partial charge in [-0.15, -0.1) is 0 Å². The predicted octanol–water partition coefficient (Wildman–Crippen LogP) is 2.04. The van der Waals surface area contributed by atoms with Gasteiger partial charge < -0.3 is 4.74 Å². The molecule has 0 N–H and O–H groups in total. The van der Waals surface area contributed by atoms with E-state index in [2.05, 4.69) is 4.98 Å². The fraction of sp³-hybridized carbons (Fsp3) is 0.400. The molecule has 1 atom stereocenters. The fourth-order valence-corrected chi connectivity index (χ4v) is 3.65. The number of pyridine rings is 1. The minimum absolute atomic E-state index is 0.125. The molecule has 1 fully saturated rings. The molecule has 1 saturated heterocycles. The molecule has 6 heteroatoms. The maximum Gasteiger partial charge on any atom is 0.214 e. The van der Waals surface area contributed by atoms with Crippen molar-refractivity contribution in [2.24, 2.45) is 0 Å². The fourth-order valence-electron chi connectivity index (χ4n) is 2.51. The van der Waals surface area contributed by atoms with Gasteiger partial charge in [-0.3, -0.25) is 0 Å². The Morgan fingerprint density at radius 2 is 2.10 bits per heavy atom. The Kier molecular flexibility index (Phi) is 3.82. The zero-order valence-corrected chi connectivity index (χ0v) is 12.7. The summed E-state index contributed by atoms with van der Waals surface area (Å²) in [5.74, 6) is 0.683. The van der Waals surface area contributed by atoms with Gasteiger partial charge in [-0.1, -0.05) is 18.2 Å². The van der Waals surface area contributed by atoms with Crippen LogP contribution in [-0.4, -0.2) is 42.7 Å². The average Bonchev–Trinajstić information content (AvgIpc) is 2.96. The predicted molar refractivity (Wildman–Crippen MR) is 81.8 cm³/mol. The molecule has 2 heterocycles. The number of nitrogens with zero attached hydrogens (tertiary/aromatic N) is 2. The third kappa shape index (κ3) is 3.01. The topological polar surface area (TPSA) is 59.5 Å². The highest BCUT2D eigenvalue weighted by Gasteiger charge is 2.31. The normalized spacial score (nSPS) is 20.0. The molecule has 21 heavy (non-hydrogen) atoms. The molecule has 0 spiro atoms. The lowest BCUT2D eigenvalue weighted by Crippen LogP contribution is -2.32. The van der Waals surface area contributed by atoms with Gasteiger partial charge in [0.1, 0.15) is 6.10 Å². The van der Waals surface area contributed by atoms with E-state index in [4.69, 9.17) is 4.74 Å². The van der Waals surface area contributed by atoms with Crippen LogP contribution in [0.2, 0.25) is 0 Å². The SMILES string of the molecule is CCS(=O)(=O)N1CCC(Oc2ccc3ccccc3n2)C1.